The maximum atomic E-state index is 13.0. The van der Waals surface area contributed by atoms with Crippen molar-refractivity contribution in [3.8, 4) is 0 Å². The van der Waals surface area contributed by atoms with Crippen molar-refractivity contribution in [2.24, 2.45) is 0 Å². The first-order chi connectivity index (χ1) is 15.0. The van der Waals surface area contributed by atoms with E-state index < -0.39 is 10.0 Å². The largest absolute Gasteiger partial charge is 0.383 e. The number of rotatable bonds is 7. The zero-order valence-electron chi connectivity index (χ0n) is 17.5. The second kappa shape index (κ2) is 9.21. The summed E-state index contributed by atoms with van der Waals surface area (Å²) in [5.41, 5.74) is 2.73. The Bertz CT molecular complexity index is 1130. The predicted octanol–water partition coefficient (Wildman–Crippen LogP) is 3.11. The van der Waals surface area contributed by atoms with Gasteiger partial charge in [-0.1, -0.05) is 24.3 Å². The summed E-state index contributed by atoms with van der Waals surface area (Å²) in [4.78, 5) is 18.4. The number of ether oxygens (including phenoxy) is 1. The van der Waals surface area contributed by atoms with Crippen molar-refractivity contribution >= 4 is 26.8 Å². The molecule has 0 unspecified atom stereocenters. The summed E-state index contributed by atoms with van der Waals surface area (Å²) in [5, 5.41) is 1.20. The van der Waals surface area contributed by atoms with Crippen LogP contribution in [0.15, 0.2) is 59.5 Å². The molecular formula is C23H27N3O4S. The Balaban J connectivity index is 1.41. The van der Waals surface area contributed by atoms with Gasteiger partial charge in [0.25, 0.3) is 5.91 Å². The smallest absolute Gasteiger partial charge is 0.253 e. The summed E-state index contributed by atoms with van der Waals surface area (Å²) in [7, 11) is -2.17. The van der Waals surface area contributed by atoms with Crippen LogP contribution in [0.4, 0.5) is 0 Å². The topological polar surface area (TPSA) is 91.5 Å². The van der Waals surface area contributed by atoms with Gasteiger partial charge in [0, 0.05) is 49.4 Å². The highest BCUT2D eigenvalue weighted by atomic mass is 32.2. The van der Waals surface area contributed by atoms with Crippen LogP contribution in [0.25, 0.3) is 10.9 Å². The molecule has 2 aromatic carbocycles. The Kier molecular flexibility index (Phi) is 6.41. The lowest BCUT2D eigenvalue weighted by Gasteiger charge is -2.31. The van der Waals surface area contributed by atoms with Crippen molar-refractivity contribution in [2.75, 3.05) is 33.4 Å². The van der Waals surface area contributed by atoms with Gasteiger partial charge in [-0.15, -0.1) is 0 Å². The van der Waals surface area contributed by atoms with Crippen LogP contribution in [0.5, 0.6) is 0 Å². The van der Waals surface area contributed by atoms with Crippen molar-refractivity contribution in [2.45, 2.75) is 23.7 Å². The molecule has 3 aromatic rings. The van der Waals surface area contributed by atoms with Crippen LogP contribution < -0.4 is 4.72 Å². The maximum Gasteiger partial charge on any atom is 0.253 e. The lowest BCUT2D eigenvalue weighted by molar-refractivity contribution is 0.0712. The molecule has 1 saturated heterocycles. The molecule has 0 bridgehead atoms. The standard InChI is InChI=1S/C23H27N3O4S/c1-30-14-11-24-31(28,29)20-7-4-6-19(15-20)23(27)26-12-9-17(10-13-26)22-16-18-5-2-3-8-21(18)25-22/h2-8,15-17,24-25H,9-14H2,1H3. The number of nitrogens with zero attached hydrogens (tertiary/aromatic N) is 1. The molecule has 1 aliphatic rings. The van der Waals surface area contributed by atoms with Gasteiger partial charge in [-0.05, 0) is 48.6 Å². The average Bonchev–Trinajstić information content (AvgIpc) is 3.23. The maximum absolute atomic E-state index is 13.0. The van der Waals surface area contributed by atoms with E-state index in [2.05, 4.69) is 27.9 Å². The zero-order valence-corrected chi connectivity index (χ0v) is 18.3. The van der Waals surface area contributed by atoms with Crippen LogP contribution in [-0.2, 0) is 14.8 Å². The third kappa shape index (κ3) is 4.81. The summed E-state index contributed by atoms with van der Waals surface area (Å²) < 4.78 is 32.2. The normalized spacial score (nSPS) is 15.5. The first-order valence-corrected chi connectivity index (χ1v) is 11.9. The first kappa shape index (κ1) is 21.5. The molecule has 1 fully saturated rings. The van der Waals surface area contributed by atoms with Crippen LogP contribution in [0.2, 0.25) is 0 Å². The van der Waals surface area contributed by atoms with Crippen LogP contribution in [0.3, 0.4) is 0 Å². The summed E-state index contributed by atoms with van der Waals surface area (Å²) in [6.07, 6.45) is 1.74. The Labute approximate surface area is 182 Å². The minimum atomic E-state index is -3.68. The number of carbonyl (C=O) groups excluding carboxylic acids is 1. The average molecular weight is 442 g/mol. The Hall–Kier alpha value is -2.68. The van der Waals surface area contributed by atoms with Gasteiger partial charge in [0.15, 0.2) is 0 Å². The number of benzene rings is 2. The second-order valence-electron chi connectivity index (χ2n) is 7.80. The minimum Gasteiger partial charge on any atom is -0.383 e. The zero-order chi connectivity index (χ0) is 21.8. The molecule has 1 amide bonds. The van der Waals surface area contributed by atoms with E-state index in [-0.39, 0.29) is 24.0 Å². The lowest BCUT2D eigenvalue weighted by Crippen LogP contribution is -2.38. The second-order valence-corrected chi connectivity index (χ2v) is 9.56. The highest BCUT2D eigenvalue weighted by Crippen LogP contribution is 2.30. The van der Waals surface area contributed by atoms with Crippen molar-refractivity contribution in [1.82, 2.24) is 14.6 Å². The molecule has 8 heteroatoms. The van der Waals surface area contributed by atoms with Crippen LogP contribution in [0.1, 0.15) is 34.8 Å². The van der Waals surface area contributed by atoms with Crippen molar-refractivity contribution < 1.29 is 17.9 Å². The first-order valence-electron chi connectivity index (χ1n) is 10.4. The van der Waals surface area contributed by atoms with Gasteiger partial charge in [-0.2, -0.15) is 0 Å². The van der Waals surface area contributed by atoms with E-state index in [1.807, 2.05) is 17.0 Å². The van der Waals surface area contributed by atoms with Crippen molar-refractivity contribution in [1.29, 1.82) is 0 Å². The predicted molar refractivity (Wildman–Crippen MR) is 120 cm³/mol. The van der Waals surface area contributed by atoms with E-state index in [0.717, 1.165) is 18.4 Å². The third-order valence-corrected chi connectivity index (χ3v) is 7.22. The van der Waals surface area contributed by atoms with E-state index >= 15 is 0 Å². The van der Waals surface area contributed by atoms with Gasteiger partial charge in [0.05, 0.1) is 11.5 Å². The van der Waals surface area contributed by atoms with E-state index in [4.69, 9.17) is 4.74 Å². The van der Waals surface area contributed by atoms with Gasteiger partial charge in [0.1, 0.15) is 0 Å². The fourth-order valence-electron chi connectivity index (χ4n) is 4.05. The fourth-order valence-corrected chi connectivity index (χ4v) is 5.11. The number of para-hydroxylation sites is 1. The van der Waals surface area contributed by atoms with Crippen LogP contribution in [-0.4, -0.2) is 57.6 Å². The van der Waals surface area contributed by atoms with E-state index in [9.17, 15) is 13.2 Å². The van der Waals surface area contributed by atoms with Gasteiger partial charge < -0.3 is 14.6 Å². The molecule has 0 aliphatic carbocycles. The van der Waals surface area contributed by atoms with Gasteiger partial charge >= 0.3 is 0 Å². The Morgan fingerprint density at radius 1 is 1.13 bits per heavy atom. The molecule has 2 heterocycles. The number of hydrogen-bond acceptors (Lipinski definition) is 4. The number of fused-ring (bicyclic) bond motifs is 1. The molecule has 31 heavy (non-hydrogen) atoms. The number of aromatic nitrogens is 1. The van der Waals surface area contributed by atoms with E-state index in [0.29, 0.717) is 24.6 Å². The number of likely N-dealkylation sites (tertiary alicyclic amines) is 1. The molecule has 0 spiro atoms. The Morgan fingerprint density at radius 2 is 1.90 bits per heavy atom. The van der Waals surface area contributed by atoms with Gasteiger partial charge in [-0.3, -0.25) is 4.79 Å². The van der Waals surface area contributed by atoms with E-state index in [1.54, 1.807) is 12.1 Å². The number of piperidine rings is 1. The number of sulfonamides is 1. The SMILES string of the molecule is COCCNS(=O)(=O)c1cccc(C(=O)N2CCC(c3cc4ccccc4[nH]3)CC2)c1. The number of hydrogen-bond donors (Lipinski definition) is 2. The number of amides is 1. The molecule has 0 saturated carbocycles. The summed E-state index contributed by atoms with van der Waals surface area (Å²) in [5.74, 6) is 0.247. The fraction of sp³-hybridized carbons (Fsp3) is 0.348. The number of nitrogens with one attached hydrogen (secondary N) is 2. The molecule has 7 nitrogen and oxygen atoms in total. The number of aromatic amines is 1. The lowest BCUT2D eigenvalue weighted by atomic mass is 9.93. The van der Waals surface area contributed by atoms with Crippen molar-refractivity contribution in [3.05, 3.63) is 65.9 Å². The molecule has 0 atom stereocenters. The summed E-state index contributed by atoms with van der Waals surface area (Å²) >= 11 is 0. The van der Waals surface area contributed by atoms with Gasteiger partial charge in [0.2, 0.25) is 10.0 Å². The number of methoxy groups -OCH3 is 1. The van der Waals surface area contributed by atoms with Crippen LogP contribution in [0, 0.1) is 0 Å². The minimum absolute atomic E-state index is 0.0856. The van der Waals surface area contributed by atoms with Gasteiger partial charge in [-0.25, -0.2) is 13.1 Å². The molecule has 164 valence electrons. The van der Waals surface area contributed by atoms with Crippen LogP contribution >= 0.6 is 0 Å². The molecule has 1 aromatic heterocycles. The quantitative estimate of drug-likeness (QED) is 0.551. The van der Waals surface area contributed by atoms with E-state index in [1.165, 1.54) is 30.3 Å². The summed E-state index contributed by atoms with van der Waals surface area (Å²) in [6.45, 7) is 1.74. The number of carbonyl (C=O) groups is 1. The highest BCUT2D eigenvalue weighted by Gasteiger charge is 2.26. The van der Waals surface area contributed by atoms with Crippen molar-refractivity contribution in [3.63, 3.8) is 0 Å². The molecule has 1 aliphatic heterocycles. The molecule has 0 radical (unpaired) electrons. The number of H-pyrrole nitrogens is 1. The highest BCUT2D eigenvalue weighted by molar-refractivity contribution is 7.89. The molecule has 4 rings (SSSR count). The monoisotopic (exact) mass is 441 g/mol. The summed E-state index contributed by atoms with van der Waals surface area (Å²) in [6, 6.07) is 16.6. The molecular weight excluding hydrogens is 414 g/mol. The Morgan fingerprint density at radius 3 is 2.65 bits per heavy atom. The third-order valence-electron chi connectivity index (χ3n) is 5.76. The molecule has 2 N–H and O–H groups in total.